The summed E-state index contributed by atoms with van der Waals surface area (Å²) in [5.41, 5.74) is -1.99. The third-order valence-corrected chi connectivity index (χ3v) is 4.67. The first-order valence-electron chi connectivity index (χ1n) is 12.0. The number of esters is 2. The molecule has 3 aromatic rings. The smallest absolute Gasteiger partial charge is 0.408 e. The number of hydrogen-bond acceptors (Lipinski definition) is 10. The van der Waals surface area contributed by atoms with Crippen LogP contribution in [0.5, 0.6) is 11.5 Å². The largest absolute Gasteiger partial charge is 0.444 e. The molecule has 1 aromatic heterocycles. The summed E-state index contributed by atoms with van der Waals surface area (Å²) in [6.45, 7) is 9.28. The predicted octanol–water partition coefficient (Wildman–Crippen LogP) is 3.81. The summed E-state index contributed by atoms with van der Waals surface area (Å²) >= 11 is 0. The normalized spacial score (nSPS) is 11.5. The van der Waals surface area contributed by atoms with E-state index in [9.17, 15) is 24.0 Å². The Morgan fingerprint density at radius 3 is 1.64 bits per heavy atom. The SMILES string of the molecule is CC(C)(C)OC(=O)NCC(=O)Oc1ccc2c(c1)oc(=O)c1cc(OC(=O)CNC(=O)OC(C)(C)C)ccc12. The van der Waals surface area contributed by atoms with Crippen molar-refractivity contribution >= 4 is 45.9 Å². The maximum Gasteiger partial charge on any atom is 0.408 e. The lowest BCUT2D eigenvalue weighted by molar-refractivity contribution is -0.134. The van der Waals surface area contributed by atoms with Crippen LogP contribution in [0.1, 0.15) is 41.5 Å². The third-order valence-electron chi connectivity index (χ3n) is 4.67. The van der Waals surface area contributed by atoms with Gasteiger partial charge in [0.15, 0.2) is 0 Å². The van der Waals surface area contributed by atoms with Gasteiger partial charge in [0.1, 0.15) is 41.4 Å². The molecule has 0 spiro atoms. The van der Waals surface area contributed by atoms with E-state index < -0.39 is 54.0 Å². The molecule has 0 saturated carbocycles. The van der Waals surface area contributed by atoms with Gasteiger partial charge in [0, 0.05) is 16.8 Å². The van der Waals surface area contributed by atoms with Crippen molar-refractivity contribution in [2.75, 3.05) is 13.1 Å². The van der Waals surface area contributed by atoms with Crippen LogP contribution in [0.15, 0.2) is 45.6 Å². The predicted molar refractivity (Wildman–Crippen MR) is 140 cm³/mol. The van der Waals surface area contributed by atoms with Gasteiger partial charge in [-0.2, -0.15) is 0 Å². The maximum atomic E-state index is 12.7. The number of rotatable bonds is 6. The molecule has 0 aliphatic heterocycles. The Morgan fingerprint density at radius 1 is 0.692 bits per heavy atom. The summed E-state index contributed by atoms with van der Waals surface area (Å²) in [7, 11) is 0. The Labute approximate surface area is 223 Å². The molecule has 208 valence electrons. The Kier molecular flexibility index (Phi) is 8.48. The first kappa shape index (κ1) is 29.0. The summed E-state index contributed by atoms with van der Waals surface area (Å²) in [5.74, 6) is -1.34. The quantitative estimate of drug-likeness (QED) is 0.203. The average molecular weight is 543 g/mol. The van der Waals surface area contributed by atoms with Crippen molar-refractivity contribution < 1.29 is 42.5 Å². The molecule has 0 unspecified atom stereocenters. The van der Waals surface area contributed by atoms with Gasteiger partial charge in [-0.05, 0) is 71.9 Å². The summed E-state index contributed by atoms with van der Waals surface area (Å²) in [5, 5.41) is 5.80. The average Bonchev–Trinajstić information content (AvgIpc) is 2.79. The zero-order valence-electron chi connectivity index (χ0n) is 22.5. The molecule has 39 heavy (non-hydrogen) atoms. The van der Waals surface area contributed by atoms with E-state index in [0.29, 0.717) is 10.8 Å². The molecule has 0 atom stereocenters. The van der Waals surface area contributed by atoms with Crippen molar-refractivity contribution in [3.05, 3.63) is 46.8 Å². The van der Waals surface area contributed by atoms with Crippen LogP contribution in [0.4, 0.5) is 9.59 Å². The van der Waals surface area contributed by atoms with Gasteiger partial charge in [0.25, 0.3) is 0 Å². The summed E-state index contributed by atoms with van der Waals surface area (Å²) in [6, 6.07) is 8.89. The van der Waals surface area contributed by atoms with Crippen LogP contribution in [-0.2, 0) is 19.1 Å². The van der Waals surface area contributed by atoms with Crippen LogP contribution in [0.3, 0.4) is 0 Å². The van der Waals surface area contributed by atoms with Crippen LogP contribution >= 0.6 is 0 Å². The van der Waals surface area contributed by atoms with Gasteiger partial charge in [-0.1, -0.05) is 0 Å². The van der Waals surface area contributed by atoms with Gasteiger partial charge >= 0.3 is 29.8 Å². The van der Waals surface area contributed by atoms with Crippen LogP contribution in [0, 0.1) is 0 Å². The van der Waals surface area contributed by atoms with Crippen LogP contribution in [0.25, 0.3) is 21.7 Å². The molecule has 0 aliphatic rings. The summed E-state index contributed by atoms with van der Waals surface area (Å²) < 4.78 is 25.9. The lowest BCUT2D eigenvalue weighted by atomic mass is 10.1. The molecule has 2 amide bonds. The van der Waals surface area contributed by atoms with E-state index in [4.69, 9.17) is 23.4 Å². The molecule has 0 radical (unpaired) electrons. The third kappa shape index (κ3) is 8.73. The van der Waals surface area contributed by atoms with Gasteiger partial charge in [0.2, 0.25) is 0 Å². The molecule has 0 aliphatic carbocycles. The maximum absolute atomic E-state index is 12.7. The molecular formula is C27H30N2O10. The molecule has 0 saturated heterocycles. The van der Waals surface area contributed by atoms with Crippen molar-refractivity contribution in [1.82, 2.24) is 10.6 Å². The fourth-order valence-electron chi connectivity index (χ4n) is 3.27. The zero-order chi connectivity index (χ0) is 29.0. The molecule has 2 aromatic carbocycles. The van der Waals surface area contributed by atoms with E-state index in [1.54, 1.807) is 53.7 Å². The second-order valence-corrected chi connectivity index (χ2v) is 10.4. The molecule has 3 rings (SSSR count). The second-order valence-electron chi connectivity index (χ2n) is 10.4. The van der Waals surface area contributed by atoms with Crippen LogP contribution in [-0.4, -0.2) is 48.4 Å². The lowest BCUT2D eigenvalue weighted by Gasteiger charge is -2.19. The van der Waals surface area contributed by atoms with E-state index >= 15 is 0 Å². The van der Waals surface area contributed by atoms with E-state index in [2.05, 4.69) is 10.6 Å². The highest BCUT2D eigenvalue weighted by molar-refractivity contribution is 6.05. The monoisotopic (exact) mass is 542 g/mol. The number of alkyl carbamates (subject to hydrolysis) is 2. The first-order valence-corrected chi connectivity index (χ1v) is 12.0. The van der Waals surface area contributed by atoms with E-state index in [-0.39, 0.29) is 22.5 Å². The number of hydrogen-bond donors (Lipinski definition) is 2. The minimum Gasteiger partial charge on any atom is -0.444 e. The molecule has 12 nitrogen and oxygen atoms in total. The minimum absolute atomic E-state index is 0.0770. The highest BCUT2D eigenvalue weighted by Crippen LogP contribution is 2.28. The minimum atomic E-state index is -0.769. The molecule has 12 heteroatoms. The fourth-order valence-corrected chi connectivity index (χ4v) is 3.27. The number of nitrogens with one attached hydrogen (secondary N) is 2. The number of ether oxygens (including phenoxy) is 4. The molecule has 2 N–H and O–H groups in total. The number of carbonyl (C=O) groups is 4. The highest BCUT2D eigenvalue weighted by atomic mass is 16.6. The number of fused-ring (bicyclic) bond motifs is 3. The van der Waals surface area contributed by atoms with E-state index in [0.717, 1.165) is 0 Å². The Bertz CT molecular complexity index is 1480. The number of amides is 2. The van der Waals surface area contributed by atoms with Crippen molar-refractivity contribution in [2.45, 2.75) is 52.7 Å². The Hall–Kier alpha value is -4.61. The van der Waals surface area contributed by atoms with Crippen LogP contribution < -0.4 is 25.7 Å². The zero-order valence-corrected chi connectivity index (χ0v) is 22.5. The molecule has 0 bridgehead atoms. The van der Waals surface area contributed by atoms with E-state index in [1.807, 2.05) is 0 Å². The van der Waals surface area contributed by atoms with Gasteiger partial charge in [0.05, 0.1) is 5.39 Å². The fraction of sp³-hybridized carbons (Fsp3) is 0.370. The summed E-state index contributed by atoms with van der Waals surface area (Å²) in [4.78, 5) is 60.3. The highest BCUT2D eigenvalue weighted by Gasteiger charge is 2.19. The molecular weight excluding hydrogens is 512 g/mol. The van der Waals surface area contributed by atoms with Crippen molar-refractivity contribution in [3.8, 4) is 11.5 Å². The van der Waals surface area contributed by atoms with E-state index in [1.165, 1.54) is 24.3 Å². The molecule has 1 heterocycles. The number of benzene rings is 2. The lowest BCUT2D eigenvalue weighted by Crippen LogP contribution is -2.36. The molecule has 0 fully saturated rings. The van der Waals surface area contributed by atoms with Crippen molar-refractivity contribution in [3.63, 3.8) is 0 Å². The van der Waals surface area contributed by atoms with Gasteiger partial charge in [-0.3, -0.25) is 0 Å². The van der Waals surface area contributed by atoms with Gasteiger partial charge in [-0.15, -0.1) is 0 Å². The standard InChI is InChI=1S/C27H30N2O10/c1-26(2,3)38-24(33)28-13-21(30)35-15-7-9-17-18-10-8-16(12-20(18)37-23(32)19(17)11-15)36-22(31)14-29-25(34)39-27(4,5)6/h7-12H,13-14H2,1-6H3,(H,28,33)(H,29,34). The van der Waals surface area contributed by atoms with Gasteiger partial charge in [-0.25, -0.2) is 24.0 Å². The van der Waals surface area contributed by atoms with Crippen molar-refractivity contribution in [1.29, 1.82) is 0 Å². The summed E-state index contributed by atoms with van der Waals surface area (Å²) in [6.07, 6.45) is -1.53. The first-order chi connectivity index (χ1) is 18.1. The second kappa shape index (κ2) is 11.4. The Balaban J connectivity index is 1.68. The van der Waals surface area contributed by atoms with Crippen molar-refractivity contribution in [2.24, 2.45) is 0 Å². The Morgan fingerprint density at radius 2 is 1.15 bits per heavy atom. The van der Waals surface area contributed by atoms with Crippen LogP contribution in [0.2, 0.25) is 0 Å². The van der Waals surface area contributed by atoms with Gasteiger partial charge < -0.3 is 34.0 Å². The topological polar surface area (TPSA) is 159 Å². The number of carbonyl (C=O) groups excluding carboxylic acids is 4.